The summed E-state index contributed by atoms with van der Waals surface area (Å²) in [6.07, 6.45) is 2.00. The van der Waals surface area contributed by atoms with E-state index in [1.165, 1.54) is 3.57 Å². The molecule has 2 heterocycles. The highest BCUT2D eigenvalue weighted by atomic mass is 127. The van der Waals surface area contributed by atoms with Crippen LogP contribution in [0.4, 0.5) is 0 Å². The molecule has 0 aliphatic heterocycles. The first kappa shape index (κ1) is 11.2. The third-order valence-corrected chi connectivity index (χ3v) is 4.00. The Labute approximate surface area is 121 Å². The van der Waals surface area contributed by atoms with E-state index in [9.17, 15) is 0 Å². The van der Waals surface area contributed by atoms with Gasteiger partial charge in [0.05, 0.1) is 0 Å². The SMILES string of the molecule is Brc1c(-c2cccc(I)c2)nc2ccccn12. The minimum atomic E-state index is 0.952. The maximum atomic E-state index is 4.64. The fourth-order valence-electron chi connectivity index (χ4n) is 1.79. The molecule has 0 bridgehead atoms. The minimum Gasteiger partial charge on any atom is -0.294 e. The summed E-state index contributed by atoms with van der Waals surface area (Å²) in [5.41, 5.74) is 3.07. The van der Waals surface area contributed by atoms with Gasteiger partial charge in [-0.05, 0) is 62.8 Å². The first-order chi connectivity index (χ1) is 8.25. The zero-order chi connectivity index (χ0) is 11.8. The molecule has 2 nitrogen and oxygen atoms in total. The molecule has 0 N–H and O–H groups in total. The highest BCUT2D eigenvalue weighted by molar-refractivity contribution is 14.1. The first-order valence-electron chi connectivity index (χ1n) is 5.14. The molecular weight excluding hydrogens is 391 g/mol. The lowest BCUT2D eigenvalue weighted by Crippen LogP contribution is -1.82. The maximum Gasteiger partial charge on any atom is 0.138 e. The van der Waals surface area contributed by atoms with Crippen LogP contribution >= 0.6 is 38.5 Å². The molecule has 0 spiro atoms. The molecule has 2 aromatic heterocycles. The van der Waals surface area contributed by atoms with Crippen molar-refractivity contribution in [2.24, 2.45) is 0 Å². The quantitative estimate of drug-likeness (QED) is 0.556. The average molecular weight is 399 g/mol. The average Bonchev–Trinajstić information content (AvgIpc) is 2.68. The number of aromatic nitrogens is 2. The molecule has 0 fully saturated rings. The zero-order valence-corrected chi connectivity index (χ0v) is 12.5. The summed E-state index contributed by atoms with van der Waals surface area (Å²) in [4.78, 5) is 4.64. The van der Waals surface area contributed by atoms with Crippen molar-refractivity contribution in [3.05, 3.63) is 56.8 Å². The molecule has 0 atom stereocenters. The van der Waals surface area contributed by atoms with Gasteiger partial charge in [-0.25, -0.2) is 4.98 Å². The molecule has 0 radical (unpaired) electrons. The molecule has 0 unspecified atom stereocenters. The smallest absolute Gasteiger partial charge is 0.138 e. The van der Waals surface area contributed by atoms with Crippen LogP contribution in [0.1, 0.15) is 0 Å². The second-order valence-corrected chi connectivity index (χ2v) is 5.69. The van der Waals surface area contributed by atoms with Crippen LogP contribution in [0.25, 0.3) is 16.9 Å². The van der Waals surface area contributed by atoms with Crippen molar-refractivity contribution >= 4 is 44.2 Å². The van der Waals surface area contributed by atoms with Gasteiger partial charge in [0, 0.05) is 15.3 Å². The van der Waals surface area contributed by atoms with Crippen LogP contribution in [0.15, 0.2) is 53.3 Å². The van der Waals surface area contributed by atoms with Gasteiger partial charge in [-0.15, -0.1) is 0 Å². The van der Waals surface area contributed by atoms with Gasteiger partial charge >= 0.3 is 0 Å². The van der Waals surface area contributed by atoms with E-state index in [-0.39, 0.29) is 0 Å². The van der Waals surface area contributed by atoms with Crippen LogP contribution in [0.2, 0.25) is 0 Å². The van der Waals surface area contributed by atoms with E-state index < -0.39 is 0 Å². The van der Waals surface area contributed by atoms with Crippen LogP contribution in [0.5, 0.6) is 0 Å². The molecule has 4 heteroatoms. The molecule has 0 amide bonds. The first-order valence-corrected chi connectivity index (χ1v) is 7.01. The summed E-state index contributed by atoms with van der Waals surface area (Å²) in [5.74, 6) is 0. The van der Waals surface area contributed by atoms with Gasteiger partial charge in [0.25, 0.3) is 0 Å². The van der Waals surface area contributed by atoms with E-state index in [1.54, 1.807) is 0 Å². The summed E-state index contributed by atoms with van der Waals surface area (Å²) >= 11 is 5.92. The number of imidazole rings is 1. The van der Waals surface area contributed by atoms with E-state index in [2.05, 4.69) is 61.7 Å². The van der Waals surface area contributed by atoms with Crippen LogP contribution in [0.3, 0.4) is 0 Å². The van der Waals surface area contributed by atoms with Crippen molar-refractivity contribution in [1.82, 2.24) is 9.38 Å². The van der Waals surface area contributed by atoms with E-state index in [4.69, 9.17) is 0 Å². The highest BCUT2D eigenvalue weighted by Gasteiger charge is 2.10. The lowest BCUT2D eigenvalue weighted by Gasteiger charge is -1.98. The van der Waals surface area contributed by atoms with Gasteiger partial charge < -0.3 is 0 Å². The summed E-state index contributed by atoms with van der Waals surface area (Å²) in [6, 6.07) is 14.3. The summed E-state index contributed by atoms with van der Waals surface area (Å²) in [6.45, 7) is 0. The fraction of sp³-hybridized carbons (Fsp3) is 0. The number of nitrogens with zero attached hydrogens (tertiary/aromatic N) is 2. The third kappa shape index (κ3) is 1.99. The molecule has 0 aliphatic carbocycles. The number of hydrogen-bond donors (Lipinski definition) is 0. The van der Waals surface area contributed by atoms with Crippen molar-refractivity contribution in [2.45, 2.75) is 0 Å². The molecule has 3 rings (SSSR count). The lowest BCUT2D eigenvalue weighted by molar-refractivity contribution is 1.15. The van der Waals surface area contributed by atoms with Crippen molar-refractivity contribution in [3.8, 4) is 11.3 Å². The van der Waals surface area contributed by atoms with Gasteiger partial charge in [-0.1, -0.05) is 18.2 Å². The van der Waals surface area contributed by atoms with Gasteiger partial charge in [-0.2, -0.15) is 0 Å². The molecule has 17 heavy (non-hydrogen) atoms. The van der Waals surface area contributed by atoms with Gasteiger partial charge in [0.2, 0.25) is 0 Å². The molecule has 0 saturated carbocycles. The number of fused-ring (bicyclic) bond motifs is 1. The standard InChI is InChI=1S/C13H8BrIN2/c14-13-12(9-4-3-5-10(15)8-9)16-11-6-1-2-7-17(11)13/h1-8H. The van der Waals surface area contributed by atoms with Gasteiger partial charge in [0.15, 0.2) is 0 Å². The van der Waals surface area contributed by atoms with E-state index in [0.717, 1.165) is 21.5 Å². The maximum absolute atomic E-state index is 4.64. The Morgan fingerprint density at radius 2 is 2.00 bits per heavy atom. The second-order valence-electron chi connectivity index (χ2n) is 3.69. The van der Waals surface area contributed by atoms with Gasteiger partial charge in [-0.3, -0.25) is 4.40 Å². The second kappa shape index (κ2) is 4.42. The predicted octanol–water partition coefficient (Wildman–Crippen LogP) is 4.37. The summed E-state index contributed by atoms with van der Waals surface area (Å²) in [5, 5.41) is 0. The van der Waals surface area contributed by atoms with Crippen molar-refractivity contribution in [3.63, 3.8) is 0 Å². The Kier molecular flexibility index (Phi) is 2.92. The predicted molar refractivity (Wildman–Crippen MR) is 81.0 cm³/mol. The molecule has 1 aromatic carbocycles. The lowest BCUT2D eigenvalue weighted by atomic mass is 10.2. The number of halogens is 2. The largest absolute Gasteiger partial charge is 0.294 e. The molecule has 3 aromatic rings. The minimum absolute atomic E-state index is 0.952. The van der Waals surface area contributed by atoms with Crippen molar-refractivity contribution in [2.75, 3.05) is 0 Å². The Morgan fingerprint density at radius 3 is 2.76 bits per heavy atom. The molecule has 0 saturated heterocycles. The molecule has 0 aliphatic rings. The molecule has 84 valence electrons. The topological polar surface area (TPSA) is 17.3 Å². The monoisotopic (exact) mass is 398 g/mol. The Hall–Kier alpha value is -0.880. The Morgan fingerprint density at radius 1 is 1.12 bits per heavy atom. The van der Waals surface area contributed by atoms with Crippen LogP contribution < -0.4 is 0 Å². The number of benzene rings is 1. The summed E-state index contributed by atoms with van der Waals surface area (Å²) in [7, 11) is 0. The van der Waals surface area contributed by atoms with Crippen molar-refractivity contribution < 1.29 is 0 Å². The number of pyridine rings is 1. The van der Waals surface area contributed by atoms with Crippen LogP contribution in [-0.2, 0) is 0 Å². The third-order valence-electron chi connectivity index (χ3n) is 2.57. The number of hydrogen-bond acceptors (Lipinski definition) is 1. The van der Waals surface area contributed by atoms with E-state index >= 15 is 0 Å². The van der Waals surface area contributed by atoms with Crippen LogP contribution in [-0.4, -0.2) is 9.38 Å². The van der Waals surface area contributed by atoms with Gasteiger partial charge in [0.1, 0.15) is 15.9 Å². The zero-order valence-electron chi connectivity index (χ0n) is 8.77. The fourth-order valence-corrected chi connectivity index (χ4v) is 2.95. The summed E-state index contributed by atoms with van der Waals surface area (Å²) < 4.78 is 4.24. The Balaban J connectivity index is 2.27. The normalized spacial score (nSPS) is 10.9. The van der Waals surface area contributed by atoms with E-state index in [0.29, 0.717) is 0 Å². The highest BCUT2D eigenvalue weighted by Crippen LogP contribution is 2.29. The Bertz CT molecular complexity index is 691. The van der Waals surface area contributed by atoms with E-state index in [1.807, 2.05) is 34.9 Å². The van der Waals surface area contributed by atoms with Crippen molar-refractivity contribution in [1.29, 1.82) is 0 Å². The van der Waals surface area contributed by atoms with Crippen LogP contribution in [0, 0.1) is 3.57 Å². The number of rotatable bonds is 1. The molecular formula is C13H8BrIN2.